The van der Waals surface area contributed by atoms with Gasteiger partial charge in [0.1, 0.15) is 24.7 Å². The number of hydrogen-bond acceptors (Lipinski definition) is 5. The van der Waals surface area contributed by atoms with Crippen LogP contribution < -0.4 is 4.74 Å². The highest BCUT2D eigenvalue weighted by Crippen LogP contribution is 2.31. The number of nitrogens with zero attached hydrogens (tertiary/aromatic N) is 3. The van der Waals surface area contributed by atoms with Crippen molar-refractivity contribution in [2.75, 3.05) is 20.2 Å². The van der Waals surface area contributed by atoms with Crippen molar-refractivity contribution in [3.63, 3.8) is 0 Å². The van der Waals surface area contributed by atoms with Gasteiger partial charge >= 0.3 is 6.18 Å². The second-order valence-corrected chi connectivity index (χ2v) is 7.14. The number of hydrogen-bond donors (Lipinski definition) is 1. The summed E-state index contributed by atoms with van der Waals surface area (Å²) < 4.78 is 63.7. The van der Waals surface area contributed by atoms with Gasteiger partial charge in [0.2, 0.25) is 5.88 Å². The van der Waals surface area contributed by atoms with Crippen molar-refractivity contribution in [1.82, 2.24) is 19.9 Å². The SMILES string of the molecule is COc1cccc(CN2C[C@@H](F)[C@@H](OCc3nc4ccc(C(F)(F)F)cc4[nH]3)C2)n1. The van der Waals surface area contributed by atoms with Gasteiger partial charge in [0.05, 0.1) is 29.4 Å². The highest BCUT2D eigenvalue weighted by molar-refractivity contribution is 5.76. The van der Waals surface area contributed by atoms with Crippen molar-refractivity contribution in [1.29, 1.82) is 0 Å². The van der Waals surface area contributed by atoms with Crippen molar-refractivity contribution in [3.8, 4) is 5.88 Å². The zero-order valence-electron chi connectivity index (χ0n) is 16.1. The van der Waals surface area contributed by atoms with E-state index in [0.717, 1.165) is 17.8 Å². The van der Waals surface area contributed by atoms with Gasteiger partial charge in [-0.1, -0.05) is 6.07 Å². The number of methoxy groups -OCH3 is 1. The summed E-state index contributed by atoms with van der Waals surface area (Å²) in [5.41, 5.74) is 0.667. The Hall–Kier alpha value is -2.72. The number of imidazole rings is 1. The smallest absolute Gasteiger partial charge is 0.416 e. The fourth-order valence-electron chi connectivity index (χ4n) is 3.48. The predicted molar refractivity (Wildman–Crippen MR) is 101 cm³/mol. The molecule has 0 radical (unpaired) electrons. The zero-order chi connectivity index (χ0) is 21.3. The number of rotatable bonds is 6. The number of aromatic nitrogens is 3. The van der Waals surface area contributed by atoms with Crippen LogP contribution in [0.5, 0.6) is 5.88 Å². The van der Waals surface area contributed by atoms with Crippen molar-refractivity contribution < 1.29 is 27.0 Å². The Morgan fingerprint density at radius 3 is 2.77 bits per heavy atom. The molecule has 1 aliphatic heterocycles. The molecule has 3 heterocycles. The highest BCUT2D eigenvalue weighted by Gasteiger charge is 2.34. The van der Waals surface area contributed by atoms with Crippen molar-refractivity contribution >= 4 is 11.0 Å². The second kappa shape index (κ2) is 8.19. The average Bonchev–Trinajstić information content (AvgIpc) is 3.27. The molecule has 1 aliphatic rings. The molecule has 10 heteroatoms. The summed E-state index contributed by atoms with van der Waals surface area (Å²) in [5, 5.41) is 0. The lowest BCUT2D eigenvalue weighted by atomic mass is 10.2. The summed E-state index contributed by atoms with van der Waals surface area (Å²) in [7, 11) is 1.53. The molecule has 0 aliphatic carbocycles. The Morgan fingerprint density at radius 1 is 1.17 bits per heavy atom. The van der Waals surface area contributed by atoms with Crippen molar-refractivity contribution in [2.24, 2.45) is 0 Å². The molecule has 2 atom stereocenters. The van der Waals surface area contributed by atoms with Crippen molar-refractivity contribution in [2.45, 2.75) is 31.6 Å². The van der Waals surface area contributed by atoms with Crippen LogP contribution in [0.25, 0.3) is 11.0 Å². The first-order valence-corrected chi connectivity index (χ1v) is 9.35. The summed E-state index contributed by atoms with van der Waals surface area (Å²) in [5.74, 6) is 0.847. The fourth-order valence-corrected chi connectivity index (χ4v) is 3.48. The average molecular weight is 424 g/mol. The lowest BCUT2D eigenvalue weighted by molar-refractivity contribution is -0.137. The van der Waals surface area contributed by atoms with E-state index in [1.54, 1.807) is 6.07 Å². The Labute approximate surface area is 169 Å². The number of halogens is 4. The quantitative estimate of drug-likeness (QED) is 0.611. The van der Waals surface area contributed by atoms with Gasteiger partial charge in [-0.25, -0.2) is 14.4 Å². The first kappa shape index (κ1) is 20.5. The van der Waals surface area contributed by atoms with Gasteiger partial charge in [0, 0.05) is 25.7 Å². The topological polar surface area (TPSA) is 63.3 Å². The molecule has 1 aromatic carbocycles. The van der Waals surface area contributed by atoms with Gasteiger partial charge in [-0.3, -0.25) is 4.90 Å². The number of fused-ring (bicyclic) bond motifs is 1. The maximum atomic E-state index is 14.4. The van der Waals surface area contributed by atoms with Gasteiger partial charge in [0.25, 0.3) is 0 Å². The third-order valence-corrected chi connectivity index (χ3v) is 4.94. The second-order valence-electron chi connectivity index (χ2n) is 7.14. The molecule has 1 fully saturated rings. The maximum Gasteiger partial charge on any atom is 0.416 e. The van der Waals surface area contributed by atoms with Crippen molar-refractivity contribution in [3.05, 3.63) is 53.5 Å². The standard InChI is InChI=1S/C20H20F4N4O2/c1-29-19-4-2-3-13(25-19)8-28-9-14(21)17(10-28)30-11-18-26-15-6-5-12(20(22,23)24)7-16(15)27-18/h2-7,14,17H,8-11H2,1H3,(H,26,27)/t14-,17+/m1/s1. The number of nitrogens with one attached hydrogen (secondary N) is 1. The largest absolute Gasteiger partial charge is 0.481 e. The molecular formula is C20H20F4N4O2. The number of benzene rings is 1. The van der Waals surface area contributed by atoms with E-state index in [1.165, 1.54) is 13.2 Å². The molecule has 1 N–H and O–H groups in total. The van der Waals surface area contributed by atoms with Gasteiger partial charge in [-0.15, -0.1) is 0 Å². The third-order valence-electron chi connectivity index (χ3n) is 4.94. The molecule has 0 unspecified atom stereocenters. The van der Waals surface area contributed by atoms with E-state index in [9.17, 15) is 17.6 Å². The summed E-state index contributed by atoms with van der Waals surface area (Å²) in [6.07, 6.45) is -6.27. The minimum atomic E-state index is -4.43. The Bertz CT molecular complexity index is 1020. The van der Waals surface area contributed by atoms with Gasteiger partial charge in [-0.2, -0.15) is 13.2 Å². The van der Waals surface area contributed by atoms with E-state index in [4.69, 9.17) is 9.47 Å². The van der Waals surface area contributed by atoms with Crippen LogP contribution in [0.3, 0.4) is 0 Å². The fraction of sp³-hybridized carbons (Fsp3) is 0.400. The Morgan fingerprint density at radius 2 is 2.00 bits per heavy atom. The molecule has 0 amide bonds. The highest BCUT2D eigenvalue weighted by atomic mass is 19.4. The number of alkyl halides is 4. The molecule has 2 aromatic heterocycles. The lowest BCUT2D eigenvalue weighted by Crippen LogP contribution is -2.24. The maximum absolute atomic E-state index is 14.4. The minimum absolute atomic E-state index is 0.0215. The molecule has 0 saturated carbocycles. The van der Waals surface area contributed by atoms with Gasteiger partial charge in [-0.05, 0) is 24.3 Å². The van der Waals surface area contributed by atoms with E-state index in [-0.39, 0.29) is 18.7 Å². The molecule has 3 aromatic rings. The van der Waals surface area contributed by atoms with Crippen LogP contribution in [0.1, 0.15) is 17.1 Å². The Kier molecular flexibility index (Phi) is 5.61. The van der Waals surface area contributed by atoms with Gasteiger partial charge in [0.15, 0.2) is 0 Å². The summed E-state index contributed by atoms with van der Waals surface area (Å²) in [4.78, 5) is 13.3. The third kappa shape index (κ3) is 4.54. The first-order chi connectivity index (χ1) is 14.3. The van der Waals surface area contributed by atoms with Crippen LogP contribution in [-0.4, -0.2) is 52.3 Å². The summed E-state index contributed by atoms with van der Waals surface area (Å²) in [6, 6.07) is 8.68. The molecule has 4 rings (SSSR count). The van der Waals surface area contributed by atoms with E-state index in [1.807, 2.05) is 17.0 Å². The molecular weight excluding hydrogens is 404 g/mol. The zero-order valence-corrected chi connectivity index (χ0v) is 16.1. The van der Waals surface area contributed by atoms with Crippen LogP contribution in [0.15, 0.2) is 36.4 Å². The summed E-state index contributed by atoms with van der Waals surface area (Å²) >= 11 is 0. The molecule has 1 saturated heterocycles. The summed E-state index contributed by atoms with van der Waals surface area (Å²) in [6.45, 7) is 1.02. The van der Waals surface area contributed by atoms with E-state index in [2.05, 4.69) is 15.0 Å². The van der Waals surface area contributed by atoms with Crippen LogP contribution in [-0.2, 0) is 24.1 Å². The first-order valence-electron chi connectivity index (χ1n) is 9.35. The van der Waals surface area contributed by atoms with Crippen LogP contribution in [0.2, 0.25) is 0 Å². The molecule has 0 spiro atoms. The Balaban J connectivity index is 1.36. The molecule has 6 nitrogen and oxygen atoms in total. The number of pyridine rings is 1. The number of ether oxygens (including phenoxy) is 2. The lowest BCUT2D eigenvalue weighted by Gasteiger charge is -2.15. The van der Waals surface area contributed by atoms with Crippen LogP contribution in [0.4, 0.5) is 17.6 Å². The molecule has 30 heavy (non-hydrogen) atoms. The minimum Gasteiger partial charge on any atom is -0.481 e. The van der Waals surface area contributed by atoms with E-state index >= 15 is 0 Å². The van der Waals surface area contributed by atoms with E-state index < -0.39 is 24.0 Å². The number of H-pyrrole nitrogens is 1. The normalized spacial score (nSPS) is 20.2. The van der Waals surface area contributed by atoms with Crippen LogP contribution in [0, 0.1) is 0 Å². The molecule has 160 valence electrons. The number of aromatic amines is 1. The van der Waals surface area contributed by atoms with E-state index in [0.29, 0.717) is 30.3 Å². The van der Waals surface area contributed by atoms with Crippen LogP contribution >= 0.6 is 0 Å². The molecule has 0 bridgehead atoms. The number of likely N-dealkylation sites (tertiary alicyclic amines) is 1. The van der Waals surface area contributed by atoms with Gasteiger partial charge < -0.3 is 14.5 Å². The monoisotopic (exact) mass is 424 g/mol. The predicted octanol–water partition coefficient (Wildman–Crippen LogP) is 3.72.